The summed E-state index contributed by atoms with van der Waals surface area (Å²) in [7, 11) is 0. The van der Waals surface area contributed by atoms with E-state index in [1.54, 1.807) is 4.90 Å². The lowest BCUT2D eigenvalue weighted by Crippen LogP contribution is -2.67. The van der Waals surface area contributed by atoms with E-state index in [1.165, 1.54) is 0 Å². The summed E-state index contributed by atoms with van der Waals surface area (Å²) < 4.78 is 12.0. The van der Waals surface area contributed by atoms with Gasteiger partial charge in [-0.2, -0.15) is 5.06 Å². The van der Waals surface area contributed by atoms with E-state index in [4.69, 9.17) is 14.3 Å². The number of hydrogen-bond donors (Lipinski definition) is 1. The van der Waals surface area contributed by atoms with Crippen LogP contribution in [0.15, 0.2) is 0 Å². The topological polar surface area (TPSA) is 91.8 Å². The predicted molar refractivity (Wildman–Crippen MR) is 142 cm³/mol. The minimum absolute atomic E-state index is 0.0486. The number of carbonyl (C=O) groups is 2. The van der Waals surface area contributed by atoms with Crippen LogP contribution in [0.2, 0.25) is 0 Å². The molecule has 0 radical (unpaired) electrons. The predicted octanol–water partition coefficient (Wildman–Crippen LogP) is 3.48. The minimum atomic E-state index is -0.916. The van der Waals surface area contributed by atoms with Gasteiger partial charge in [-0.05, 0) is 62.3 Å². The van der Waals surface area contributed by atoms with Crippen molar-refractivity contribution in [1.29, 1.82) is 0 Å². The molecule has 1 spiro atoms. The molecule has 3 rings (SSSR count). The minimum Gasteiger partial charge on any atom is -0.462 e. The van der Waals surface area contributed by atoms with E-state index in [0.717, 1.165) is 0 Å². The molecule has 3 heterocycles. The molecule has 1 atom stereocenters. The molecule has 0 aliphatic carbocycles. The maximum absolute atomic E-state index is 13.7. The number of hydrogen-bond acceptors (Lipinski definition) is 8. The number of esters is 1. The molecule has 9 nitrogen and oxygen atoms in total. The van der Waals surface area contributed by atoms with Crippen LogP contribution in [0.25, 0.3) is 0 Å². The summed E-state index contributed by atoms with van der Waals surface area (Å²) in [5.74, 6) is -0.224. The average Bonchev–Trinajstić information content (AvgIpc) is 3.01. The first kappa shape index (κ1) is 30.3. The van der Waals surface area contributed by atoms with Crippen molar-refractivity contribution < 1.29 is 29.0 Å². The number of piperidine rings is 2. The molecule has 9 heteroatoms. The third-order valence-corrected chi connectivity index (χ3v) is 8.29. The molecule has 1 unspecified atom stereocenters. The molecule has 1 amide bonds. The molecule has 3 saturated heterocycles. The lowest BCUT2D eigenvalue weighted by atomic mass is 9.72. The number of aliphatic hydroxyl groups excluding tert-OH is 1. The van der Waals surface area contributed by atoms with E-state index in [-0.39, 0.29) is 53.4 Å². The quantitative estimate of drug-likeness (QED) is 0.482. The van der Waals surface area contributed by atoms with Gasteiger partial charge in [0.15, 0.2) is 5.60 Å². The van der Waals surface area contributed by atoms with E-state index in [0.29, 0.717) is 45.3 Å². The first-order valence-electron chi connectivity index (χ1n) is 13.9. The smallest absolute Gasteiger partial charge is 0.305 e. The van der Waals surface area contributed by atoms with Gasteiger partial charge in [-0.15, -0.1) is 0 Å². The highest BCUT2D eigenvalue weighted by molar-refractivity contribution is 5.87. The van der Waals surface area contributed by atoms with Crippen molar-refractivity contribution in [2.75, 3.05) is 26.4 Å². The second kappa shape index (κ2) is 10.4. The van der Waals surface area contributed by atoms with Gasteiger partial charge in [-0.25, -0.2) is 0 Å². The Bertz CT molecular complexity index is 819. The van der Waals surface area contributed by atoms with Gasteiger partial charge in [0.2, 0.25) is 0 Å². The molecular weight excluding hydrogens is 474 g/mol. The van der Waals surface area contributed by atoms with E-state index >= 15 is 0 Å². The highest BCUT2D eigenvalue weighted by Crippen LogP contribution is 2.48. The van der Waals surface area contributed by atoms with Gasteiger partial charge in [0.05, 0.1) is 19.3 Å². The molecule has 3 aliphatic heterocycles. The first-order valence-corrected chi connectivity index (χ1v) is 13.9. The molecule has 0 aromatic rings. The van der Waals surface area contributed by atoms with E-state index in [9.17, 15) is 14.7 Å². The summed E-state index contributed by atoms with van der Waals surface area (Å²) in [6, 6.07) is 0. The number of nitrogens with zero attached hydrogens (tertiary/aromatic N) is 3. The Kier molecular flexibility index (Phi) is 8.49. The van der Waals surface area contributed by atoms with Gasteiger partial charge in [0.25, 0.3) is 5.91 Å². The summed E-state index contributed by atoms with van der Waals surface area (Å²) in [6.45, 7) is 22.0. The standard InChI is InChI=1S/C28H51N3O6/c1-11-22(33)37-21-13-24(3,4)30(25(5,6)14-21)16-20(32)15-29-19-35-28(23(29)34)17-26(7,8)31(36-12-2)27(9,10)18-28/h20-21,32H,11-19H2,1-10H3. The third kappa shape index (κ3) is 6.16. The molecule has 37 heavy (non-hydrogen) atoms. The molecule has 0 saturated carbocycles. The van der Waals surface area contributed by atoms with Crippen LogP contribution in [0, 0.1) is 0 Å². The number of ether oxygens (including phenoxy) is 2. The number of rotatable bonds is 8. The van der Waals surface area contributed by atoms with E-state index < -0.39 is 11.7 Å². The van der Waals surface area contributed by atoms with Crippen molar-refractivity contribution in [1.82, 2.24) is 14.9 Å². The van der Waals surface area contributed by atoms with Crippen LogP contribution in [0.4, 0.5) is 0 Å². The van der Waals surface area contributed by atoms with Crippen molar-refractivity contribution in [3.05, 3.63) is 0 Å². The Morgan fingerprint density at radius 1 is 0.973 bits per heavy atom. The molecule has 214 valence electrons. The summed E-state index contributed by atoms with van der Waals surface area (Å²) in [4.78, 5) is 35.6. The van der Waals surface area contributed by atoms with Crippen molar-refractivity contribution in [2.45, 2.75) is 141 Å². The fourth-order valence-electron chi connectivity index (χ4n) is 7.50. The Morgan fingerprint density at radius 2 is 1.51 bits per heavy atom. The van der Waals surface area contributed by atoms with Crippen molar-refractivity contribution in [2.24, 2.45) is 0 Å². The Morgan fingerprint density at radius 3 is 2.00 bits per heavy atom. The lowest BCUT2D eigenvalue weighted by molar-refractivity contribution is -0.300. The summed E-state index contributed by atoms with van der Waals surface area (Å²) >= 11 is 0. The van der Waals surface area contributed by atoms with Gasteiger partial charge >= 0.3 is 5.97 Å². The number of aliphatic hydroxyl groups is 1. The zero-order chi connectivity index (χ0) is 28.0. The fraction of sp³-hybridized carbons (Fsp3) is 0.929. The van der Waals surface area contributed by atoms with Crippen LogP contribution in [-0.2, 0) is 23.9 Å². The molecule has 0 aromatic heterocycles. The lowest BCUT2D eigenvalue weighted by Gasteiger charge is -2.56. The first-order chi connectivity index (χ1) is 16.9. The molecule has 1 N–H and O–H groups in total. The average molecular weight is 526 g/mol. The third-order valence-electron chi connectivity index (χ3n) is 8.29. The second-order valence-corrected chi connectivity index (χ2v) is 13.7. The summed E-state index contributed by atoms with van der Waals surface area (Å²) in [5, 5.41) is 13.2. The zero-order valence-corrected chi connectivity index (χ0v) is 24.8. The summed E-state index contributed by atoms with van der Waals surface area (Å²) in [6.07, 6.45) is 1.94. The van der Waals surface area contributed by atoms with Crippen LogP contribution in [0.5, 0.6) is 0 Å². The maximum atomic E-state index is 13.7. The van der Waals surface area contributed by atoms with Crippen LogP contribution in [0.3, 0.4) is 0 Å². The van der Waals surface area contributed by atoms with Gasteiger partial charge in [-0.3, -0.25) is 19.3 Å². The Balaban J connectivity index is 1.68. The maximum Gasteiger partial charge on any atom is 0.305 e. The normalized spacial score (nSPS) is 28.0. The number of likely N-dealkylation sites (tertiary alicyclic amines) is 1. The Hall–Kier alpha value is -1.26. The van der Waals surface area contributed by atoms with E-state index in [1.807, 2.05) is 18.9 Å². The van der Waals surface area contributed by atoms with Crippen molar-refractivity contribution in [3.8, 4) is 0 Å². The van der Waals surface area contributed by atoms with Crippen LogP contribution >= 0.6 is 0 Å². The molecular formula is C28H51N3O6. The van der Waals surface area contributed by atoms with Crippen LogP contribution in [0.1, 0.15) is 101 Å². The molecule has 3 fully saturated rings. The van der Waals surface area contributed by atoms with Crippen LogP contribution in [-0.4, -0.2) is 98.2 Å². The SMILES string of the molecule is CCON1C(C)(C)CC2(CC1(C)C)OCN(CC(O)CN1C(C)(C)CC(OC(=O)CC)CC1(C)C)C2=O. The second-order valence-electron chi connectivity index (χ2n) is 13.7. The van der Waals surface area contributed by atoms with Gasteiger partial charge in [-0.1, -0.05) is 6.92 Å². The number of carbonyl (C=O) groups excluding carboxylic acids is 2. The van der Waals surface area contributed by atoms with Crippen LogP contribution < -0.4 is 0 Å². The van der Waals surface area contributed by atoms with Crippen molar-refractivity contribution >= 4 is 11.9 Å². The molecule has 0 aromatic carbocycles. The van der Waals surface area contributed by atoms with Gasteiger partial charge < -0.3 is 19.5 Å². The van der Waals surface area contributed by atoms with Crippen molar-refractivity contribution in [3.63, 3.8) is 0 Å². The molecule has 3 aliphatic rings. The highest BCUT2D eigenvalue weighted by Gasteiger charge is 2.61. The largest absolute Gasteiger partial charge is 0.462 e. The highest BCUT2D eigenvalue weighted by atomic mass is 16.7. The van der Waals surface area contributed by atoms with E-state index in [2.05, 4.69) is 60.3 Å². The van der Waals surface area contributed by atoms with Gasteiger partial charge in [0.1, 0.15) is 12.8 Å². The number of amides is 1. The van der Waals surface area contributed by atoms with Gasteiger partial charge in [0, 0.05) is 60.8 Å². The molecule has 0 bridgehead atoms. The summed E-state index contributed by atoms with van der Waals surface area (Å²) in [5.41, 5.74) is -2.26. The monoisotopic (exact) mass is 525 g/mol. The Labute approximate surface area is 223 Å². The fourth-order valence-corrected chi connectivity index (χ4v) is 7.50. The number of hydroxylamine groups is 2. The number of β-amino-alcohol motifs (C(OH)–C–C–N with tert-alkyl or cyclic N) is 1. The zero-order valence-electron chi connectivity index (χ0n) is 24.8.